The highest BCUT2D eigenvalue weighted by atomic mass is 16.5. The summed E-state index contributed by atoms with van der Waals surface area (Å²) in [6, 6.07) is 10.00. The molecule has 0 bridgehead atoms. The predicted molar refractivity (Wildman–Crippen MR) is 94.5 cm³/mol. The largest absolute Gasteiger partial charge is 0.496 e. The van der Waals surface area contributed by atoms with Crippen LogP contribution in [0.1, 0.15) is 35.9 Å². The van der Waals surface area contributed by atoms with E-state index in [-0.39, 0.29) is 11.9 Å². The topological polar surface area (TPSA) is 67.6 Å². The Morgan fingerprint density at radius 2 is 2.28 bits per heavy atom. The number of nitrogens with zero attached hydrogens (tertiary/aromatic N) is 2. The van der Waals surface area contributed by atoms with E-state index in [1.165, 1.54) is 0 Å². The Labute approximate surface area is 148 Å². The van der Waals surface area contributed by atoms with E-state index in [1.54, 1.807) is 7.11 Å². The summed E-state index contributed by atoms with van der Waals surface area (Å²) in [6.07, 6.45) is 2.82. The fourth-order valence-electron chi connectivity index (χ4n) is 3.36. The summed E-state index contributed by atoms with van der Waals surface area (Å²) in [5.41, 5.74) is 1.98. The first-order chi connectivity index (χ1) is 12.2. The van der Waals surface area contributed by atoms with Crippen LogP contribution in [0.25, 0.3) is 0 Å². The van der Waals surface area contributed by atoms with Crippen LogP contribution >= 0.6 is 0 Å². The van der Waals surface area contributed by atoms with Crippen LogP contribution in [-0.2, 0) is 11.2 Å². The highest BCUT2D eigenvalue weighted by Crippen LogP contribution is 2.31. The third kappa shape index (κ3) is 4.39. The standard InChI is InChI=1S/C19H25N3O3/c1-14-12-18(25-21-14)16-7-5-11-22(16)13-19(23)20-10-9-15-6-3-4-8-17(15)24-2/h3-4,6,8,12,16H,5,7,9-11,13H2,1-2H3,(H,20,23). The summed E-state index contributed by atoms with van der Waals surface area (Å²) in [4.78, 5) is 14.5. The Kier molecular flexibility index (Phi) is 5.71. The molecule has 25 heavy (non-hydrogen) atoms. The Bertz CT molecular complexity index is 713. The minimum atomic E-state index is 0.0398. The molecule has 0 aliphatic carbocycles. The van der Waals surface area contributed by atoms with Gasteiger partial charge in [-0.05, 0) is 44.4 Å². The van der Waals surface area contributed by atoms with Crippen LogP contribution in [0.4, 0.5) is 0 Å². The van der Waals surface area contributed by atoms with E-state index >= 15 is 0 Å². The second-order valence-electron chi connectivity index (χ2n) is 6.41. The fraction of sp³-hybridized carbons (Fsp3) is 0.474. The maximum atomic E-state index is 12.3. The fourth-order valence-corrected chi connectivity index (χ4v) is 3.36. The van der Waals surface area contributed by atoms with Gasteiger partial charge in [-0.25, -0.2) is 0 Å². The first-order valence-corrected chi connectivity index (χ1v) is 8.73. The molecule has 6 nitrogen and oxygen atoms in total. The van der Waals surface area contributed by atoms with Crippen molar-refractivity contribution in [3.8, 4) is 5.75 Å². The summed E-state index contributed by atoms with van der Waals surface area (Å²) >= 11 is 0. The molecule has 1 aromatic heterocycles. The zero-order valence-electron chi connectivity index (χ0n) is 14.8. The number of carbonyl (C=O) groups excluding carboxylic acids is 1. The molecule has 1 saturated heterocycles. The number of benzene rings is 1. The number of ether oxygens (including phenoxy) is 1. The Balaban J connectivity index is 1.49. The maximum absolute atomic E-state index is 12.3. The molecule has 6 heteroatoms. The lowest BCUT2D eigenvalue weighted by Gasteiger charge is -2.21. The van der Waals surface area contributed by atoms with Gasteiger partial charge in [0.2, 0.25) is 5.91 Å². The molecule has 0 radical (unpaired) electrons. The van der Waals surface area contributed by atoms with Gasteiger partial charge in [0.25, 0.3) is 0 Å². The predicted octanol–water partition coefficient (Wildman–Crippen LogP) is 2.49. The second kappa shape index (κ2) is 8.16. The van der Waals surface area contributed by atoms with Gasteiger partial charge >= 0.3 is 0 Å². The molecule has 1 unspecified atom stereocenters. The van der Waals surface area contributed by atoms with Gasteiger partial charge in [0.05, 0.1) is 25.4 Å². The highest BCUT2D eigenvalue weighted by Gasteiger charge is 2.30. The zero-order chi connectivity index (χ0) is 17.6. The molecule has 2 heterocycles. The number of aromatic nitrogens is 1. The van der Waals surface area contributed by atoms with Gasteiger partial charge in [-0.15, -0.1) is 0 Å². The quantitative estimate of drug-likeness (QED) is 0.836. The van der Waals surface area contributed by atoms with Crippen LogP contribution in [0.5, 0.6) is 5.75 Å². The molecular weight excluding hydrogens is 318 g/mol. The molecule has 1 N–H and O–H groups in total. The van der Waals surface area contributed by atoms with Gasteiger partial charge in [-0.1, -0.05) is 23.4 Å². The van der Waals surface area contributed by atoms with Gasteiger partial charge < -0.3 is 14.6 Å². The lowest BCUT2D eigenvalue weighted by atomic mass is 10.1. The summed E-state index contributed by atoms with van der Waals surface area (Å²) in [6.45, 7) is 3.80. The average Bonchev–Trinajstić information content (AvgIpc) is 3.24. The van der Waals surface area contributed by atoms with Crippen molar-refractivity contribution in [1.29, 1.82) is 0 Å². The van der Waals surface area contributed by atoms with E-state index in [0.29, 0.717) is 13.1 Å². The van der Waals surface area contributed by atoms with E-state index in [1.807, 2.05) is 37.3 Å². The summed E-state index contributed by atoms with van der Waals surface area (Å²) in [5, 5.41) is 6.96. The van der Waals surface area contributed by atoms with Crippen LogP contribution in [0.15, 0.2) is 34.9 Å². The number of nitrogens with one attached hydrogen (secondary N) is 1. The molecule has 1 fully saturated rings. The van der Waals surface area contributed by atoms with Crippen molar-refractivity contribution in [3.63, 3.8) is 0 Å². The smallest absolute Gasteiger partial charge is 0.234 e. The molecule has 0 saturated carbocycles. The molecule has 1 atom stereocenters. The van der Waals surface area contributed by atoms with E-state index < -0.39 is 0 Å². The van der Waals surface area contributed by atoms with Crippen LogP contribution in [0.2, 0.25) is 0 Å². The third-order valence-electron chi connectivity index (χ3n) is 4.59. The van der Waals surface area contributed by atoms with Crippen molar-refractivity contribution in [2.75, 3.05) is 26.7 Å². The van der Waals surface area contributed by atoms with E-state index in [0.717, 1.165) is 48.6 Å². The number of aryl methyl sites for hydroxylation is 1. The van der Waals surface area contributed by atoms with Crippen molar-refractivity contribution >= 4 is 5.91 Å². The second-order valence-corrected chi connectivity index (χ2v) is 6.41. The SMILES string of the molecule is COc1ccccc1CCNC(=O)CN1CCCC1c1cc(C)no1. The number of amides is 1. The molecule has 3 rings (SSSR count). The lowest BCUT2D eigenvalue weighted by molar-refractivity contribution is -0.122. The van der Waals surface area contributed by atoms with Crippen LogP contribution < -0.4 is 10.1 Å². The number of likely N-dealkylation sites (tertiary alicyclic amines) is 1. The molecule has 1 amide bonds. The normalized spacial score (nSPS) is 17.6. The molecule has 2 aromatic rings. The van der Waals surface area contributed by atoms with E-state index in [4.69, 9.17) is 9.26 Å². The van der Waals surface area contributed by atoms with E-state index in [2.05, 4.69) is 15.4 Å². The summed E-state index contributed by atoms with van der Waals surface area (Å²) in [5.74, 6) is 1.76. The van der Waals surface area contributed by atoms with Crippen LogP contribution in [0.3, 0.4) is 0 Å². The number of carbonyl (C=O) groups is 1. The summed E-state index contributed by atoms with van der Waals surface area (Å²) in [7, 11) is 1.66. The van der Waals surface area contributed by atoms with Gasteiger partial charge in [0.15, 0.2) is 5.76 Å². The molecule has 134 valence electrons. The lowest BCUT2D eigenvalue weighted by Crippen LogP contribution is -2.37. The van der Waals surface area contributed by atoms with E-state index in [9.17, 15) is 4.79 Å². The maximum Gasteiger partial charge on any atom is 0.234 e. The molecule has 1 aromatic carbocycles. The third-order valence-corrected chi connectivity index (χ3v) is 4.59. The average molecular weight is 343 g/mol. The first-order valence-electron chi connectivity index (χ1n) is 8.73. The zero-order valence-corrected chi connectivity index (χ0v) is 14.8. The Morgan fingerprint density at radius 3 is 3.04 bits per heavy atom. The minimum Gasteiger partial charge on any atom is -0.496 e. The van der Waals surface area contributed by atoms with Crippen molar-refractivity contribution in [2.24, 2.45) is 0 Å². The van der Waals surface area contributed by atoms with Crippen molar-refractivity contribution in [2.45, 2.75) is 32.2 Å². The number of para-hydroxylation sites is 1. The highest BCUT2D eigenvalue weighted by molar-refractivity contribution is 5.78. The van der Waals surface area contributed by atoms with Gasteiger partial charge in [0, 0.05) is 12.6 Å². The Morgan fingerprint density at radius 1 is 1.44 bits per heavy atom. The van der Waals surface area contributed by atoms with Gasteiger partial charge in [-0.2, -0.15) is 0 Å². The van der Waals surface area contributed by atoms with Crippen molar-refractivity contribution in [1.82, 2.24) is 15.4 Å². The number of hydrogen-bond acceptors (Lipinski definition) is 5. The number of hydrogen-bond donors (Lipinski definition) is 1. The minimum absolute atomic E-state index is 0.0398. The number of methoxy groups -OCH3 is 1. The van der Waals surface area contributed by atoms with Gasteiger partial charge in [-0.3, -0.25) is 9.69 Å². The molecular formula is C19H25N3O3. The van der Waals surface area contributed by atoms with Crippen molar-refractivity contribution in [3.05, 3.63) is 47.3 Å². The summed E-state index contributed by atoms with van der Waals surface area (Å²) < 4.78 is 10.7. The molecule has 0 spiro atoms. The van der Waals surface area contributed by atoms with Crippen LogP contribution in [-0.4, -0.2) is 42.7 Å². The van der Waals surface area contributed by atoms with Crippen molar-refractivity contribution < 1.29 is 14.1 Å². The molecule has 1 aliphatic heterocycles. The van der Waals surface area contributed by atoms with Gasteiger partial charge in [0.1, 0.15) is 5.75 Å². The first kappa shape index (κ1) is 17.5. The number of rotatable bonds is 7. The van der Waals surface area contributed by atoms with Crippen LogP contribution in [0, 0.1) is 6.92 Å². The molecule has 1 aliphatic rings. The monoisotopic (exact) mass is 343 g/mol. The Hall–Kier alpha value is -2.34.